The summed E-state index contributed by atoms with van der Waals surface area (Å²) in [6, 6.07) is 9.29. The van der Waals surface area contributed by atoms with Crippen LogP contribution < -0.4 is 0 Å². The van der Waals surface area contributed by atoms with E-state index in [4.69, 9.17) is 0 Å². The monoisotopic (exact) mass is 363 g/mol. The molecular formula is C20H29NO3S. The van der Waals surface area contributed by atoms with Gasteiger partial charge in [-0.2, -0.15) is 0 Å². The van der Waals surface area contributed by atoms with Crippen LogP contribution >= 0.6 is 0 Å². The Morgan fingerprint density at radius 3 is 2.24 bits per heavy atom. The predicted molar refractivity (Wildman–Crippen MR) is 103 cm³/mol. The minimum atomic E-state index is -3.63. The van der Waals surface area contributed by atoms with Gasteiger partial charge in [-0.3, -0.25) is 4.79 Å². The van der Waals surface area contributed by atoms with Crippen LogP contribution in [0.15, 0.2) is 48.2 Å². The number of carbonyl (C=O) groups excluding carboxylic acids is 1. The van der Waals surface area contributed by atoms with Crippen molar-refractivity contribution in [1.82, 2.24) is 4.31 Å². The summed E-state index contributed by atoms with van der Waals surface area (Å²) in [5, 5.41) is 0. The van der Waals surface area contributed by atoms with Gasteiger partial charge in [0.15, 0.2) is 0 Å². The average molecular weight is 364 g/mol. The second kappa shape index (κ2) is 10.2. The van der Waals surface area contributed by atoms with E-state index >= 15 is 0 Å². The van der Waals surface area contributed by atoms with Gasteiger partial charge in [-0.05, 0) is 30.4 Å². The Morgan fingerprint density at radius 2 is 1.76 bits per heavy atom. The zero-order valence-corrected chi connectivity index (χ0v) is 16.3. The molecule has 0 aliphatic rings. The molecule has 1 aromatic carbocycles. The van der Waals surface area contributed by atoms with Gasteiger partial charge in [-0.1, -0.05) is 63.6 Å². The maximum Gasteiger partial charge on any atom is 0.248 e. The maximum absolute atomic E-state index is 13.2. The molecule has 0 radical (unpaired) electrons. The predicted octanol–water partition coefficient (Wildman–Crippen LogP) is 4.26. The molecule has 138 valence electrons. The molecule has 0 N–H and O–H groups in total. The van der Waals surface area contributed by atoms with Crippen LogP contribution in [-0.2, 0) is 14.8 Å². The lowest BCUT2D eigenvalue weighted by Crippen LogP contribution is -2.40. The van der Waals surface area contributed by atoms with E-state index in [1.54, 1.807) is 0 Å². The second-order valence-electron chi connectivity index (χ2n) is 6.18. The normalized spacial score (nSPS) is 12.3. The number of benzene rings is 1. The zero-order valence-electron chi connectivity index (χ0n) is 15.5. The molecule has 4 nitrogen and oxygen atoms in total. The molecule has 0 fully saturated rings. The lowest BCUT2D eigenvalue weighted by atomic mass is 9.87. The van der Waals surface area contributed by atoms with Crippen molar-refractivity contribution in [3.05, 3.63) is 53.8 Å². The molecular weight excluding hydrogens is 334 g/mol. The molecule has 0 bridgehead atoms. The van der Waals surface area contributed by atoms with Crippen LogP contribution in [0.25, 0.3) is 0 Å². The molecule has 0 aliphatic heterocycles. The molecule has 1 rings (SSSR count). The number of amides is 1. The van der Waals surface area contributed by atoms with Crippen molar-refractivity contribution in [1.29, 1.82) is 0 Å². The van der Waals surface area contributed by atoms with E-state index in [1.807, 2.05) is 37.3 Å². The Hall–Kier alpha value is -1.84. The van der Waals surface area contributed by atoms with Crippen molar-refractivity contribution in [2.24, 2.45) is 0 Å². The van der Waals surface area contributed by atoms with Gasteiger partial charge in [-0.15, -0.1) is 5.73 Å². The van der Waals surface area contributed by atoms with Crippen molar-refractivity contribution in [2.45, 2.75) is 51.9 Å². The Kier molecular flexibility index (Phi) is 8.67. The molecule has 1 aromatic rings. The molecule has 0 saturated heterocycles. The third-order valence-electron chi connectivity index (χ3n) is 4.12. The van der Waals surface area contributed by atoms with Crippen molar-refractivity contribution in [2.75, 3.05) is 12.8 Å². The lowest BCUT2D eigenvalue weighted by molar-refractivity contribution is -0.127. The topological polar surface area (TPSA) is 54.5 Å². The first-order chi connectivity index (χ1) is 11.9. The Balaban J connectivity index is 3.34. The first kappa shape index (κ1) is 21.2. The van der Waals surface area contributed by atoms with Gasteiger partial charge >= 0.3 is 0 Å². The van der Waals surface area contributed by atoms with Crippen LogP contribution in [0.5, 0.6) is 0 Å². The molecule has 0 saturated carbocycles. The van der Waals surface area contributed by atoms with Crippen molar-refractivity contribution in [3.8, 4) is 0 Å². The van der Waals surface area contributed by atoms with Crippen LogP contribution in [0.2, 0.25) is 0 Å². The molecule has 0 aliphatic carbocycles. The number of nitrogens with zero attached hydrogens (tertiary/aromatic N) is 1. The largest absolute Gasteiger partial charge is 0.273 e. The Morgan fingerprint density at radius 1 is 1.16 bits per heavy atom. The number of rotatable bonds is 10. The smallest absolute Gasteiger partial charge is 0.248 e. The van der Waals surface area contributed by atoms with E-state index in [2.05, 4.69) is 19.2 Å². The highest BCUT2D eigenvalue weighted by atomic mass is 32.2. The fraction of sp³-hybridized carbons (Fsp3) is 0.500. The summed E-state index contributed by atoms with van der Waals surface area (Å²) in [7, 11) is -3.63. The second-order valence-corrected chi connectivity index (χ2v) is 8.08. The summed E-state index contributed by atoms with van der Waals surface area (Å²) in [6.07, 6.45) is 5.11. The van der Waals surface area contributed by atoms with Crippen molar-refractivity contribution >= 4 is 15.9 Å². The molecule has 1 atom stereocenters. The molecule has 5 heteroatoms. The van der Waals surface area contributed by atoms with Gasteiger partial charge in [0.1, 0.15) is 0 Å². The molecule has 25 heavy (non-hydrogen) atoms. The highest BCUT2D eigenvalue weighted by Crippen LogP contribution is 2.30. The Labute approximate surface area is 152 Å². The van der Waals surface area contributed by atoms with E-state index in [9.17, 15) is 13.2 Å². The first-order valence-corrected chi connectivity index (χ1v) is 10.7. The van der Waals surface area contributed by atoms with Gasteiger partial charge in [0.25, 0.3) is 0 Å². The van der Waals surface area contributed by atoms with Gasteiger partial charge < -0.3 is 0 Å². The minimum absolute atomic E-state index is 0.204. The van der Waals surface area contributed by atoms with Crippen LogP contribution in [0, 0.1) is 0 Å². The standard InChI is InChI=1S/C20H29NO3S/c1-5-8-13-17(7-3)19(18-14-11-10-12-15-18)20(22)21(16-9-6-2)25(4,23)24/h10-12,14-15,19H,3,5-6,8-9,13,16H2,1-2,4H3. The molecule has 1 amide bonds. The summed E-state index contributed by atoms with van der Waals surface area (Å²) in [5.41, 5.74) is 4.43. The highest BCUT2D eigenvalue weighted by molar-refractivity contribution is 7.88. The van der Waals surface area contributed by atoms with Gasteiger partial charge in [-0.25, -0.2) is 12.7 Å². The number of carbonyl (C=O) groups is 1. The minimum Gasteiger partial charge on any atom is -0.273 e. The molecule has 0 aromatic heterocycles. The molecule has 0 heterocycles. The SMILES string of the molecule is C=C=C(CCCC)C(C(=O)N(CCCC)S(C)(=O)=O)c1ccccc1. The van der Waals surface area contributed by atoms with E-state index in [1.165, 1.54) is 0 Å². The quantitative estimate of drug-likeness (QED) is 0.584. The van der Waals surface area contributed by atoms with Crippen molar-refractivity contribution in [3.63, 3.8) is 0 Å². The number of sulfonamides is 1. The average Bonchev–Trinajstić information content (AvgIpc) is 2.58. The van der Waals surface area contributed by atoms with Crippen LogP contribution in [0.3, 0.4) is 0 Å². The summed E-state index contributed by atoms with van der Waals surface area (Å²) in [6.45, 7) is 7.99. The van der Waals surface area contributed by atoms with E-state index in [0.29, 0.717) is 12.8 Å². The molecule has 1 unspecified atom stereocenters. The first-order valence-electron chi connectivity index (χ1n) is 8.82. The van der Waals surface area contributed by atoms with Crippen LogP contribution in [0.1, 0.15) is 57.4 Å². The van der Waals surface area contributed by atoms with Crippen LogP contribution in [0.4, 0.5) is 0 Å². The van der Waals surface area contributed by atoms with Gasteiger partial charge in [0.2, 0.25) is 15.9 Å². The van der Waals surface area contributed by atoms with Crippen molar-refractivity contribution < 1.29 is 13.2 Å². The van der Waals surface area contributed by atoms with E-state index in [0.717, 1.165) is 41.0 Å². The number of hydrogen-bond donors (Lipinski definition) is 0. The summed E-state index contributed by atoms with van der Waals surface area (Å²) in [4.78, 5) is 13.2. The zero-order chi connectivity index (χ0) is 18.9. The molecule has 0 spiro atoms. The third-order valence-corrected chi connectivity index (χ3v) is 5.28. The fourth-order valence-corrected chi connectivity index (χ4v) is 3.62. The fourth-order valence-electron chi connectivity index (χ4n) is 2.73. The lowest BCUT2D eigenvalue weighted by Gasteiger charge is -2.27. The van der Waals surface area contributed by atoms with E-state index in [-0.39, 0.29) is 6.54 Å². The van der Waals surface area contributed by atoms with E-state index < -0.39 is 21.8 Å². The number of unbranched alkanes of at least 4 members (excludes halogenated alkanes) is 2. The summed E-state index contributed by atoms with van der Waals surface area (Å²) < 4.78 is 25.4. The third kappa shape index (κ3) is 6.18. The Bertz CT molecular complexity index is 704. The van der Waals surface area contributed by atoms with Gasteiger partial charge in [0, 0.05) is 6.54 Å². The summed E-state index contributed by atoms with van der Waals surface area (Å²) in [5.74, 6) is -1.07. The van der Waals surface area contributed by atoms with Crippen LogP contribution in [-0.4, -0.2) is 31.4 Å². The summed E-state index contributed by atoms with van der Waals surface area (Å²) >= 11 is 0. The highest BCUT2D eigenvalue weighted by Gasteiger charge is 2.33. The number of hydrogen-bond acceptors (Lipinski definition) is 3. The maximum atomic E-state index is 13.2. The van der Waals surface area contributed by atoms with Gasteiger partial charge in [0.05, 0.1) is 12.2 Å².